The van der Waals surface area contributed by atoms with Crippen LogP contribution in [0, 0.1) is 0 Å². The highest BCUT2D eigenvalue weighted by molar-refractivity contribution is 6.04. The van der Waals surface area contributed by atoms with Crippen molar-refractivity contribution in [2.24, 2.45) is 0 Å². The Morgan fingerprint density at radius 3 is 2.70 bits per heavy atom. The third-order valence-electron chi connectivity index (χ3n) is 3.56. The van der Waals surface area contributed by atoms with Crippen LogP contribution in [0.2, 0.25) is 0 Å². The second-order valence-corrected chi connectivity index (χ2v) is 5.04. The van der Waals surface area contributed by atoms with Crippen LogP contribution < -0.4 is 14.8 Å². The first-order chi connectivity index (χ1) is 11.3. The molecule has 4 rings (SSSR count). The van der Waals surface area contributed by atoms with Crippen molar-refractivity contribution in [3.05, 3.63) is 66.7 Å². The average molecular weight is 307 g/mol. The lowest BCUT2D eigenvalue weighted by Gasteiger charge is -2.07. The number of anilines is 1. The predicted octanol–water partition coefficient (Wildman–Crippen LogP) is 2.85. The number of rotatable bonds is 3. The Bertz CT molecular complexity index is 842. The number of carbonyl (C=O) groups is 1. The maximum Gasteiger partial charge on any atom is 0.255 e. The van der Waals surface area contributed by atoms with Crippen LogP contribution in [0.5, 0.6) is 11.5 Å². The Morgan fingerprint density at radius 1 is 1.09 bits per heavy atom. The van der Waals surface area contributed by atoms with Gasteiger partial charge in [0.25, 0.3) is 5.91 Å². The molecule has 0 fully saturated rings. The van der Waals surface area contributed by atoms with Crippen LogP contribution in [0.1, 0.15) is 10.4 Å². The zero-order valence-electron chi connectivity index (χ0n) is 12.1. The molecule has 23 heavy (non-hydrogen) atoms. The van der Waals surface area contributed by atoms with Crippen molar-refractivity contribution >= 4 is 11.6 Å². The number of benzene rings is 2. The number of hydrogen-bond donors (Lipinski definition) is 1. The SMILES string of the molecule is O=C(Nc1ccc(-n2ccnc2)cc1)c1ccc2c(c1)OCO2. The molecule has 0 radical (unpaired) electrons. The van der Waals surface area contributed by atoms with Gasteiger partial charge in [-0.3, -0.25) is 4.79 Å². The number of ether oxygens (including phenoxy) is 2. The van der Waals surface area contributed by atoms with Crippen LogP contribution in [-0.4, -0.2) is 22.3 Å². The van der Waals surface area contributed by atoms with E-state index in [1.165, 1.54) is 0 Å². The van der Waals surface area contributed by atoms with Gasteiger partial charge in [0.2, 0.25) is 6.79 Å². The minimum absolute atomic E-state index is 0.191. The van der Waals surface area contributed by atoms with E-state index in [9.17, 15) is 4.79 Å². The van der Waals surface area contributed by atoms with Gasteiger partial charge in [-0.25, -0.2) is 4.98 Å². The van der Waals surface area contributed by atoms with Crippen molar-refractivity contribution in [1.29, 1.82) is 0 Å². The van der Waals surface area contributed by atoms with Gasteiger partial charge in [-0.2, -0.15) is 0 Å². The van der Waals surface area contributed by atoms with Crippen molar-refractivity contribution in [2.45, 2.75) is 0 Å². The van der Waals surface area contributed by atoms with Crippen LogP contribution >= 0.6 is 0 Å². The highest BCUT2D eigenvalue weighted by atomic mass is 16.7. The molecule has 6 nitrogen and oxygen atoms in total. The van der Waals surface area contributed by atoms with Crippen LogP contribution in [0.15, 0.2) is 61.2 Å². The lowest BCUT2D eigenvalue weighted by molar-refractivity contribution is 0.102. The van der Waals surface area contributed by atoms with E-state index in [1.807, 2.05) is 35.0 Å². The highest BCUT2D eigenvalue weighted by Gasteiger charge is 2.16. The number of amides is 1. The van der Waals surface area contributed by atoms with Crippen LogP contribution in [-0.2, 0) is 0 Å². The molecule has 0 spiro atoms. The fourth-order valence-electron chi connectivity index (χ4n) is 2.37. The van der Waals surface area contributed by atoms with E-state index >= 15 is 0 Å². The molecule has 1 amide bonds. The van der Waals surface area contributed by atoms with Crippen molar-refractivity contribution < 1.29 is 14.3 Å². The summed E-state index contributed by atoms with van der Waals surface area (Å²) in [7, 11) is 0. The van der Waals surface area contributed by atoms with E-state index in [-0.39, 0.29) is 12.7 Å². The standard InChI is InChI=1S/C17H13N3O3/c21-17(12-1-6-15-16(9-12)23-11-22-15)19-13-2-4-14(5-3-13)20-8-7-18-10-20/h1-10H,11H2,(H,19,21). The lowest BCUT2D eigenvalue weighted by atomic mass is 10.2. The normalized spacial score (nSPS) is 12.2. The predicted molar refractivity (Wildman–Crippen MR) is 84.1 cm³/mol. The first kappa shape index (κ1) is 13.4. The minimum atomic E-state index is -0.196. The van der Waals surface area contributed by atoms with E-state index < -0.39 is 0 Å². The number of fused-ring (bicyclic) bond motifs is 1. The van der Waals surface area contributed by atoms with Crippen LogP contribution in [0.3, 0.4) is 0 Å². The van der Waals surface area contributed by atoms with Gasteiger partial charge >= 0.3 is 0 Å². The summed E-state index contributed by atoms with van der Waals surface area (Å²) in [5, 5.41) is 2.86. The summed E-state index contributed by atoms with van der Waals surface area (Å²) in [6.07, 6.45) is 5.30. The lowest BCUT2D eigenvalue weighted by Crippen LogP contribution is -2.11. The molecule has 1 aliphatic rings. The molecule has 114 valence electrons. The molecular weight excluding hydrogens is 294 g/mol. The maximum absolute atomic E-state index is 12.3. The Kier molecular flexibility index (Phi) is 3.20. The smallest absolute Gasteiger partial charge is 0.255 e. The van der Waals surface area contributed by atoms with Gasteiger partial charge in [0, 0.05) is 29.3 Å². The van der Waals surface area contributed by atoms with Crippen molar-refractivity contribution in [3.63, 3.8) is 0 Å². The van der Waals surface area contributed by atoms with Gasteiger partial charge in [0.1, 0.15) is 0 Å². The molecule has 0 bridgehead atoms. The summed E-state index contributed by atoms with van der Waals surface area (Å²) in [5.74, 6) is 1.05. The van der Waals surface area contributed by atoms with Gasteiger partial charge in [0.05, 0.1) is 6.33 Å². The Labute approximate surface area is 132 Å². The third kappa shape index (κ3) is 2.62. The first-order valence-corrected chi connectivity index (χ1v) is 7.09. The molecule has 3 aromatic rings. The summed E-state index contributed by atoms with van der Waals surface area (Å²) < 4.78 is 12.4. The van der Waals surface area contributed by atoms with Crippen molar-refractivity contribution in [1.82, 2.24) is 9.55 Å². The summed E-state index contributed by atoms with van der Waals surface area (Å²) in [4.78, 5) is 16.3. The molecule has 0 saturated heterocycles. The van der Waals surface area contributed by atoms with Gasteiger partial charge in [-0.1, -0.05) is 0 Å². The molecule has 0 aliphatic carbocycles. The number of imidazole rings is 1. The molecule has 1 N–H and O–H groups in total. The van der Waals surface area contributed by atoms with Gasteiger partial charge in [-0.15, -0.1) is 0 Å². The van der Waals surface area contributed by atoms with E-state index in [0.29, 0.717) is 17.1 Å². The zero-order chi connectivity index (χ0) is 15.6. The first-order valence-electron chi connectivity index (χ1n) is 7.09. The molecule has 1 aromatic heterocycles. The quantitative estimate of drug-likeness (QED) is 0.808. The molecular formula is C17H13N3O3. The number of carbonyl (C=O) groups excluding carboxylic acids is 1. The second kappa shape index (κ2) is 5.49. The van der Waals surface area contributed by atoms with Gasteiger partial charge < -0.3 is 19.4 Å². The van der Waals surface area contributed by atoms with Crippen LogP contribution in [0.4, 0.5) is 5.69 Å². The maximum atomic E-state index is 12.3. The molecule has 0 atom stereocenters. The molecule has 0 saturated carbocycles. The van der Waals surface area contributed by atoms with Crippen molar-refractivity contribution in [2.75, 3.05) is 12.1 Å². The number of nitrogens with zero attached hydrogens (tertiary/aromatic N) is 2. The second-order valence-electron chi connectivity index (χ2n) is 5.04. The monoisotopic (exact) mass is 307 g/mol. The van der Waals surface area contributed by atoms with E-state index in [0.717, 1.165) is 11.4 Å². The number of aromatic nitrogens is 2. The van der Waals surface area contributed by atoms with Crippen LogP contribution in [0.25, 0.3) is 5.69 Å². The Morgan fingerprint density at radius 2 is 1.91 bits per heavy atom. The molecule has 6 heteroatoms. The third-order valence-corrected chi connectivity index (χ3v) is 3.56. The molecule has 2 aromatic carbocycles. The minimum Gasteiger partial charge on any atom is -0.454 e. The summed E-state index contributed by atoms with van der Waals surface area (Å²) >= 11 is 0. The summed E-state index contributed by atoms with van der Waals surface area (Å²) in [5.41, 5.74) is 2.22. The van der Waals surface area contributed by atoms with E-state index in [2.05, 4.69) is 10.3 Å². The van der Waals surface area contributed by atoms with Gasteiger partial charge in [0.15, 0.2) is 11.5 Å². The average Bonchev–Trinajstić information content (AvgIpc) is 3.26. The summed E-state index contributed by atoms with van der Waals surface area (Å²) in [6.45, 7) is 0.191. The molecule has 2 heterocycles. The Balaban J connectivity index is 1.50. The fraction of sp³-hybridized carbons (Fsp3) is 0.0588. The fourth-order valence-corrected chi connectivity index (χ4v) is 2.37. The topological polar surface area (TPSA) is 65.4 Å². The number of nitrogens with one attached hydrogen (secondary N) is 1. The molecule has 0 unspecified atom stereocenters. The summed E-state index contributed by atoms with van der Waals surface area (Å²) in [6, 6.07) is 12.6. The number of hydrogen-bond acceptors (Lipinski definition) is 4. The highest BCUT2D eigenvalue weighted by Crippen LogP contribution is 2.32. The molecule has 1 aliphatic heterocycles. The zero-order valence-corrected chi connectivity index (χ0v) is 12.1. The van der Waals surface area contributed by atoms with E-state index in [1.54, 1.807) is 30.7 Å². The van der Waals surface area contributed by atoms with E-state index in [4.69, 9.17) is 9.47 Å². The largest absolute Gasteiger partial charge is 0.454 e. The van der Waals surface area contributed by atoms with Gasteiger partial charge in [-0.05, 0) is 42.5 Å². The Hall–Kier alpha value is -3.28. The van der Waals surface area contributed by atoms with Crippen molar-refractivity contribution in [3.8, 4) is 17.2 Å².